The molecule has 0 unspecified atom stereocenters. The molecule has 0 spiro atoms. The lowest BCUT2D eigenvalue weighted by atomic mass is 9.96. The van der Waals surface area contributed by atoms with E-state index in [1.54, 1.807) is 25.5 Å². The van der Waals surface area contributed by atoms with Crippen molar-refractivity contribution in [2.24, 2.45) is 4.99 Å². The highest BCUT2D eigenvalue weighted by atomic mass is 79.9. The first-order valence-corrected chi connectivity index (χ1v) is 15.7. The number of carbonyl (C=O) groups is 1. The van der Waals surface area contributed by atoms with Gasteiger partial charge in [-0.05, 0) is 71.7 Å². The first-order valence-electron chi connectivity index (χ1n) is 14.1. The Morgan fingerprint density at radius 2 is 1.80 bits per heavy atom. The summed E-state index contributed by atoms with van der Waals surface area (Å²) in [5, 5.41) is 2.30. The number of carbonyl (C=O) groups excluding carboxylic acids is 1. The Kier molecular flexibility index (Phi) is 8.50. The zero-order valence-electron chi connectivity index (χ0n) is 24.4. The van der Waals surface area contributed by atoms with E-state index in [1.807, 2.05) is 66.7 Å². The minimum Gasteiger partial charge on any atom is -0.493 e. The molecule has 0 bridgehead atoms. The molecule has 6 rings (SSSR count). The maximum Gasteiger partial charge on any atom is 0.338 e. The lowest BCUT2D eigenvalue weighted by Gasteiger charge is -2.24. The number of fused-ring (bicyclic) bond motifs is 2. The van der Waals surface area contributed by atoms with E-state index >= 15 is 0 Å². The van der Waals surface area contributed by atoms with Gasteiger partial charge in [0.1, 0.15) is 6.61 Å². The van der Waals surface area contributed by atoms with E-state index in [1.165, 1.54) is 11.3 Å². The average molecular weight is 670 g/mol. The highest BCUT2D eigenvalue weighted by molar-refractivity contribution is 9.10. The number of hydrogen-bond donors (Lipinski definition) is 0. The second-order valence-corrected chi connectivity index (χ2v) is 12.1. The number of methoxy groups -OCH3 is 1. The number of thiazole rings is 1. The van der Waals surface area contributed by atoms with Gasteiger partial charge in [0, 0.05) is 4.47 Å². The van der Waals surface area contributed by atoms with Crippen molar-refractivity contribution in [3.63, 3.8) is 0 Å². The van der Waals surface area contributed by atoms with Gasteiger partial charge < -0.3 is 14.2 Å². The monoisotopic (exact) mass is 668 g/mol. The van der Waals surface area contributed by atoms with E-state index in [0.29, 0.717) is 38.7 Å². The van der Waals surface area contributed by atoms with Gasteiger partial charge in [0.05, 0.1) is 35.6 Å². The van der Waals surface area contributed by atoms with Gasteiger partial charge >= 0.3 is 5.97 Å². The Hall–Kier alpha value is -4.47. The van der Waals surface area contributed by atoms with Crippen LogP contribution in [0.3, 0.4) is 0 Å². The van der Waals surface area contributed by atoms with Crippen molar-refractivity contribution in [1.29, 1.82) is 0 Å². The number of hydrogen-bond acceptors (Lipinski definition) is 7. The molecule has 0 aliphatic carbocycles. The highest BCUT2D eigenvalue weighted by Crippen LogP contribution is 2.32. The van der Waals surface area contributed by atoms with E-state index in [9.17, 15) is 9.59 Å². The van der Waals surface area contributed by atoms with Gasteiger partial charge in [-0.2, -0.15) is 0 Å². The van der Waals surface area contributed by atoms with Crippen LogP contribution in [0.5, 0.6) is 11.5 Å². The van der Waals surface area contributed by atoms with E-state index < -0.39 is 12.0 Å². The van der Waals surface area contributed by atoms with Crippen LogP contribution in [0.4, 0.5) is 0 Å². The molecule has 0 N–H and O–H groups in total. The number of benzene rings is 4. The molecule has 1 aromatic heterocycles. The van der Waals surface area contributed by atoms with Crippen LogP contribution in [0, 0.1) is 0 Å². The first-order chi connectivity index (χ1) is 21.4. The summed E-state index contributed by atoms with van der Waals surface area (Å²) in [4.78, 5) is 32.2. The average Bonchev–Trinajstić information content (AvgIpc) is 3.33. The zero-order valence-corrected chi connectivity index (χ0v) is 26.8. The van der Waals surface area contributed by atoms with Crippen molar-refractivity contribution < 1.29 is 19.0 Å². The largest absolute Gasteiger partial charge is 0.493 e. The van der Waals surface area contributed by atoms with Crippen molar-refractivity contribution >= 4 is 50.1 Å². The van der Waals surface area contributed by atoms with E-state index in [-0.39, 0.29) is 12.2 Å². The van der Waals surface area contributed by atoms with E-state index in [2.05, 4.69) is 45.2 Å². The second-order valence-electron chi connectivity index (χ2n) is 10.2. The summed E-state index contributed by atoms with van der Waals surface area (Å²) >= 11 is 4.75. The molecular weight excluding hydrogens is 640 g/mol. The third-order valence-corrected chi connectivity index (χ3v) is 8.96. The molecule has 0 saturated carbocycles. The Morgan fingerprint density at radius 1 is 1.02 bits per heavy atom. The molecule has 4 aromatic carbocycles. The lowest BCUT2D eigenvalue weighted by Crippen LogP contribution is -2.39. The summed E-state index contributed by atoms with van der Waals surface area (Å²) in [6.07, 6.45) is 1.81. The van der Waals surface area contributed by atoms with Crippen LogP contribution >= 0.6 is 27.3 Å². The van der Waals surface area contributed by atoms with E-state index in [0.717, 1.165) is 31.9 Å². The summed E-state index contributed by atoms with van der Waals surface area (Å²) in [7, 11) is 1.59. The molecule has 0 amide bonds. The molecule has 0 fully saturated rings. The Balaban J connectivity index is 1.36. The Labute approximate surface area is 266 Å². The number of nitrogens with zero attached hydrogens (tertiary/aromatic N) is 2. The second kappa shape index (κ2) is 12.6. The van der Waals surface area contributed by atoms with Gasteiger partial charge in [0.25, 0.3) is 5.56 Å². The number of ether oxygens (including phenoxy) is 3. The lowest BCUT2D eigenvalue weighted by molar-refractivity contribution is -0.139. The number of esters is 1. The normalized spacial score (nSPS) is 14.7. The molecule has 5 aromatic rings. The Bertz CT molecular complexity index is 2090. The molecule has 2 heterocycles. The molecule has 0 saturated heterocycles. The van der Waals surface area contributed by atoms with Crippen LogP contribution in [0.15, 0.2) is 110 Å². The Morgan fingerprint density at radius 3 is 2.57 bits per heavy atom. The van der Waals surface area contributed by atoms with Crippen LogP contribution in [0.25, 0.3) is 16.8 Å². The smallest absolute Gasteiger partial charge is 0.338 e. The van der Waals surface area contributed by atoms with Gasteiger partial charge in [0.15, 0.2) is 16.3 Å². The number of halogens is 1. The molecule has 1 aliphatic heterocycles. The standard InChI is InChI=1S/C35H29BrN2O5S/c1-4-42-34(40)31-21(2)37-35-38(32(31)24-13-15-26(36)16-14-24)33(39)30(44-35)19-22-12-17-28(29(18-22)41-3)43-20-25-10-7-9-23-8-5-6-11-27(23)25/h5-19,32H,4,20H2,1-3H3/b30-19-/t32-/m0/s1. The fourth-order valence-electron chi connectivity index (χ4n) is 5.37. The summed E-state index contributed by atoms with van der Waals surface area (Å²) in [6, 6.07) is 26.9. The summed E-state index contributed by atoms with van der Waals surface area (Å²) in [5.41, 5.74) is 3.26. The van der Waals surface area contributed by atoms with Crippen molar-refractivity contribution in [3.8, 4) is 11.5 Å². The molecule has 9 heteroatoms. The molecule has 7 nitrogen and oxygen atoms in total. The molecular formula is C35H29BrN2O5S. The van der Waals surface area contributed by atoms with E-state index in [4.69, 9.17) is 14.2 Å². The SMILES string of the molecule is CCOC(=O)C1=C(C)N=c2s/c(=C\c3ccc(OCc4cccc5ccccc45)c(OC)c3)c(=O)n2[C@H]1c1ccc(Br)cc1. The predicted octanol–water partition coefficient (Wildman–Crippen LogP) is 6.30. The third kappa shape index (κ3) is 5.73. The molecule has 1 aliphatic rings. The van der Waals surface area contributed by atoms with Gasteiger partial charge in [-0.25, -0.2) is 9.79 Å². The number of aromatic nitrogens is 1. The minimum absolute atomic E-state index is 0.219. The minimum atomic E-state index is -0.667. The van der Waals surface area contributed by atoms with Gasteiger partial charge in [0.2, 0.25) is 0 Å². The van der Waals surface area contributed by atoms with Crippen LogP contribution < -0.4 is 24.4 Å². The van der Waals surface area contributed by atoms with Gasteiger partial charge in [-0.1, -0.05) is 87.9 Å². The topological polar surface area (TPSA) is 79.1 Å². The number of allylic oxidation sites excluding steroid dienone is 1. The molecule has 1 atom stereocenters. The predicted molar refractivity (Wildman–Crippen MR) is 176 cm³/mol. The van der Waals surface area contributed by atoms with Crippen LogP contribution in [0.1, 0.15) is 36.6 Å². The van der Waals surface area contributed by atoms with Crippen molar-refractivity contribution in [2.45, 2.75) is 26.5 Å². The first kappa shape index (κ1) is 29.6. The van der Waals surface area contributed by atoms with Gasteiger partial charge in [-0.15, -0.1) is 0 Å². The van der Waals surface area contributed by atoms with Crippen LogP contribution in [-0.2, 0) is 16.1 Å². The highest BCUT2D eigenvalue weighted by Gasteiger charge is 2.33. The third-order valence-electron chi connectivity index (χ3n) is 7.45. The molecule has 44 heavy (non-hydrogen) atoms. The molecule has 222 valence electrons. The van der Waals surface area contributed by atoms with Crippen LogP contribution in [-0.4, -0.2) is 24.3 Å². The van der Waals surface area contributed by atoms with Crippen molar-refractivity contribution in [1.82, 2.24) is 4.57 Å². The summed E-state index contributed by atoms with van der Waals surface area (Å²) in [5.74, 6) is 0.670. The fourth-order valence-corrected chi connectivity index (χ4v) is 6.68. The van der Waals surface area contributed by atoms with Gasteiger partial charge in [-0.3, -0.25) is 9.36 Å². The summed E-state index contributed by atoms with van der Waals surface area (Å²) < 4.78 is 20.2. The van der Waals surface area contributed by atoms with Crippen LogP contribution in [0.2, 0.25) is 0 Å². The fraction of sp³-hybridized carbons (Fsp3) is 0.171. The zero-order chi connectivity index (χ0) is 30.8. The molecule has 0 radical (unpaired) electrons. The summed E-state index contributed by atoms with van der Waals surface area (Å²) in [6.45, 7) is 4.13. The van der Waals surface area contributed by atoms with Crippen molar-refractivity contribution in [2.75, 3.05) is 13.7 Å². The number of rotatable bonds is 8. The maximum absolute atomic E-state index is 13.9. The quantitative estimate of drug-likeness (QED) is 0.181. The van der Waals surface area contributed by atoms with Crippen molar-refractivity contribution in [3.05, 3.63) is 137 Å². The maximum atomic E-state index is 13.9.